The van der Waals surface area contributed by atoms with Crippen molar-refractivity contribution in [2.45, 2.75) is 99.0 Å². The first-order valence-electron chi connectivity index (χ1n) is 16.4. The molecule has 0 aromatic heterocycles. The highest BCUT2D eigenvalue weighted by atomic mass is 16.5. The smallest absolute Gasteiger partial charge is 0.232 e. The summed E-state index contributed by atoms with van der Waals surface area (Å²) in [5.74, 6) is 1.24. The SMILES string of the molecule is CC(C)C.CC1=NN=C(c2ccc(CN(C)CCOCCC(=O)CCN3C(=O)CC(C)C3=O)cc2)C2CCCCCCC12. The van der Waals surface area contributed by atoms with Crippen LogP contribution in [0.15, 0.2) is 34.5 Å². The van der Waals surface area contributed by atoms with E-state index in [1.807, 2.05) is 0 Å². The first-order chi connectivity index (χ1) is 20.6. The Kier molecular flexibility index (Phi) is 14.2. The molecule has 4 rings (SSSR count). The average molecular weight is 595 g/mol. The van der Waals surface area contributed by atoms with Gasteiger partial charge in [0.25, 0.3) is 0 Å². The van der Waals surface area contributed by atoms with Crippen LogP contribution < -0.4 is 0 Å². The summed E-state index contributed by atoms with van der Waals surface area (Å²) in [4.78, 5) is 39.4. The van der Waals surface area contributed by atoms with Crippen LogP contribution in [-0.2, 0) is 25.7 Å². The molecular weight excluding hydrogens is 540 g/mol. The van der Waals surface area contributed by atoms with Crippen molar-refractivity contribution < 1.29 is 19.1 Å². The van der Waals surface area contributed by atoms with E-state index in [4.69, 9.17) is 4.74 Å². The third-order valence-corrected chi connectivity index (χ3v) is 8.40. The fourth-order valence-corrected chi connectivity index (χ4v) is 5.99. The molecule has 2 heterocycles. The minimum absolute atomic E-state index is 0.0118. The second kappa shape index (κ2) is 17.6. The molecule has 3 atom stereocenters. The molecule has 8 nitrogen and oxygen atoms in total. The molecule has 1 aliphatic carbocycles. The van der Waals surface area contributed by atoms with Gasteiger partial charge in [-0.25, -0.2) is 0 Å². The van der Waals surface area contributed by atoms with Gasteiger partial charge < -0.3 is 4.74 Å². The molecule has 2 fully saturated rings. The fraction of sp³-hybridized carbons (Fsp3) is 0.686. The molecule has 3 unspecified atom stereocenters. The van der Waals surface area contributed by atoms with Gasteiger partial charge in [0.2, 0.25) is 11.8 Å². The van der Waals surface area contributed by atoms with Gasteiger partial charge in [-0.15, -0.1) is 0 Å². The van der Waals surface area contributed by atoms with Crippen LogP contribution in [0, 0.1) is 23.7 Å². The summed E-state index contributed by atoms with van der Waals surface area (Å²) < 4.78 is 5.68. The van der Waals surface area contributed by atoms with E-state index < -0.39 is 0 Å². The number of carbonyl (C=O) groups excluding carboxylic acids is 3. The third-order valence-electron chi connectivity index (χ3n) is 8.40. The van der Waals surface area contributed by atoms with Crippen molar-refractivity contribution in [1.82, 2.24) is 9.80 Å². The molecule has 0 N–H and O–H groups in total. The number of imide groups is 1. The van der Waals surface area contributed by atoms with E-state index in [2.05, 4.69) is 74.1 Å². The van der Waals surface area contributed by atoms with E-state index in [1.165, 1.54) is 60.3 Å². The van der Waals surface area contributed by atoms with Crippen LogP contribution in [0.5, 0.6) is 0 Å². The molecule has 8 heteroatoms. The number of nitrogens with zero attached hydrogens (tertiary/aromatic N) is 4. The van der Waals surface area contributed by atoms with Gasteiger partial charge in [-0.3, -0.25) is 24.2 Å². The Morgan fingerprint density at radius 1 is 0.977 bits per heavy atom. The van der Waals surface area contributed by atoms with Crippen molar-refractivity contribution in [3.63, 3.8) is 0 Å². The number of likely N-dealkylation sites (tertiary alicyclic amines) is 1. The minimum Gasteiger partial charge on any atom is -0.380 e. The monoisotopic (exact) mass is 594 g/mol. The van der Waals surface area contributed by atoms with Crippen LogP contribution in [0.2, 0.25) is 0 Å². The van der Waals surface area contributed by atoms with E-state index in [0.29, 0.717) is 31.5 Å². The van der Waals surface area contributed by atoms with Crippen molar-refractivity contribution in [3.8, 4) is 0 Å². The molecule has 1 aromatic carbocycles. The van der Waals surface area contributed by atoms with E-state index in [9.17, 15) is 14.4 Å². The van der Waals surface area contributed by atoms with E-state index in [1.54, 1.807) is 6.92 Å². The van der Waals surface area contributed by atoms with Gasteiger partial charge in [-0.2, -0.15) is 10.2 Å². The number of Topliss-reactive ketones (excluding diaryl/α,β-unsaturated/α-hetero) is 1. The summed E-state index contributed by atoms with van der Waals surface area (Å²) in [5.41, 5.74) is 4.78. The van der Waals surface area contributed by atoms with Crippen molar-refractivity contribution in [1.29, 1.82) is 0 Å². The number of benzene rings is 1. The van der Waals surface area contributed by atoms with Crippen LogP contribution in [0.25, 0.3) is 0 Å². The number of likely N-dealkylation sites (N-methyl/N-ethyl adjacent to an activating group) is 1. The molecular formula is C35H54N4O4. The first kappa shape index (κ1) is 34.8. The Morgan fingerprint density at radius 3 is 2.26 bits per heavy atom. The Morgan fingerprint density at radius 2 is 1.63 bits per heavy atom. The zero-order chi connectivity index (χ0) is 31.4. The van der Waals surface area contributed by atoms with Gasteiger partial charge in [0, 0.05) is 62.4 Å². The van der Waals surface area contributed by atoms with Crippen LogP contribution >= 0.6 is 0 Å². The summed E-state index contributed by atoms with van der Waals surface area (Å²) in [5, 5.41) is 9.20. The Bertz CT molecular complexity index is 1120. The van der Waals surface area contributed by atoms with Crippen molar-refractivity contribution in [2.75, 3.05) is 33.4 Å². The van der Waals surface area contributed by atoms with Crippen LogP contribution in [-0.4, -0.2) is 72.2 Å². The number of amides is 2. The predicted octanol–water partition coefficient (Wildman–Crippen LogP) is 6.31. The number of hydrogen-bond donors (Lipinski definition) is 0. The highest BCUT2D eigenvalue weighted by Crippen LogP contribution is 2.34. The second-order valence-corrected chi connectivity index (χ2v) is 13.2. The second-order valence-electron chi connectivity index (χ2n) is 13.2. The van der Waals surface area contributed by atoms with Gasteiger partial charge >= 0.3 is 0 Å². The Labute approximate surface area is 259 Å². The number of rotatable bonds is 12. The molecule has 238 valence electrons. The topological polar surface area (TPSA) is 91.6 Å². The van der Waals surface area contributed by atoms with E-state index >= 15 is 0 Å². The maximum Gasteiger partial charge on any atom is 0.232 e. The summed E-state index contributed by atoms with van der Waals surface area (Å²) >= 11 is 0. The highest BCUT2D eigenvalue weighted by Gasteiger charge is 2.35. The summed E-state index contributed by atoms with van der Waals surface area (Å²) in [6.07, 6.45) is 8.37. The standard InChI is InChI=1S/C31H44N4O4.C4H10/c1-22-20-29(37)35(31(22)38)16-14-26(36)15-18-39-19-17-34(3)21-24-10-12-25(13-11-24)30-28-9-7-5-4-6-8-27(28)23(2)32-33-30;1-4(2)3/h10-13,22,27-28H,4-9,14-21H2,1-3H3;4H,1-3H3. The summed E-state index contributed by atoms with van der Waals surface area (Å²) in [7, 11) is 2.06. The lowest BCUT2D eigenvalue weighted by atomic mass is 9.74. The lowest BCUT2D eigenvalue weighted by Gasteiger charge is -2.32. The van der Waals surface area contributed by atoms with Crippen LogP contribution in [0.1, 0.15) is 104 Å². The number of ketones is 1. The molecule has 2 amide bonds. The summed E-state index contributed by atoms with van der Waals surface area (Å²) in [6.45, 7) is 13.0. The lowest BCUT2D eigenvalue weighted by Crippen LogP contribution is -2.33. The molecule has 1 saturated heterocycles. The maximum absolute atomic E-state index is 12.1. The Hall–Kier alpha value is -2.71. The van der Waals surface area contributed by atoms with Gasteiger partial charge in [0.1, 0.15) is 5.78 Å². The molecule has 0 radical (unpaired) electrons. The van der Waals surface area contributed by atoms with E-state index in [0.717, 1.165) is 24.7 Å². The molecule has 43 heavy (non-hydrogen) atoms. The third kappa shape index (κ3) is 11.1. The van der Waals surface area contributed by atoms with Crippen molar-refractivity contribution in [2.24, 2.45) is 33.9 Å². The van der Waals surface area contributed by atoms with Gasteiger partial charge in [-0.05, 0) is 43.9 Å². The van der Waals surface area contributed by atoms with Gasteiger partial charge in [0.15, 0.2) is 0 Å². The van der Waals surface area contributed by atoms with E-state index in [-0.39, 0.29) is 42.9 Å². The van der Waals surface area contributed by atoms with Gasteiger partial charge in [0.05, 0.1) is 18.9 Å². The lowest BCUT2D eigenvalue weighted by molar-refractivity contribution is -0.139. The highest BCUT2D eigenvalue weighted by molar-refractivity contribution is 6.07. The predicted molar refractivity (Wildman–Crippen MR) is 173 cm³/mol. The van der Waals surface area contributed by atoms with Crippen molar-refractivity contribution in [3.05, 3.63) is 35.4 Å². The quantitative estimate of drug-likeness (QED) is 0.209. The molecule has 2 aliphatic heterocycles. The zero-order valence-electron chi connectivity index (χ0n) is 27.4. The largest absolute Gasteiger partial charge is 0.380 e. The zero-order valence-corrected chi connectivity index (χ0v) is 27.4. The fourth-order valence-electron chi connectivity index (χ4n) is 5.99. The number of fused-ring (bicyclic) bond motifs is 1. The maximum atomic E-state index is 12.1. The number of carbonyl (C=O) groups is 3. The van der Waals surface area contributed by atoms with Crippen LogP contribution in [0.3, 0.4) is 0 Å². The average Bonchev–Trinajstić information content (AvgIpc) is 3.18. The number of hydrogen-bond acceptors (Lipinski definition) is 7. The molecule has 1 saturated carbocycles. The van der Waals surface area contributed by atoms with Crippen molar-refractivity contribution >= 4 is 29.0 Å². The van der Waals surface area contributed by atoms with Crippen LogP contribution in [0.4, 0.5) is 0 Å². The normalized spacial score (nSPS) is 22.4. The number of ether oxygens (including phenoxy) is 1. The molecule has 1 aromatic rings. The summed E-state index contributed by atoms with van der Waals surface area (Å²) in [6, 6.07) is 8.77. The molecule has 0 bridgehead atoms. The first-order valence-corrected chi connectivity index (χ1v) is 16.4. The Balaban J connectivity index is 0.00000119. The van der Waals surface area contributed by atoms with Gasteiger partial charge in [-0.1, -0.05) is 77.6 Å². The molecule has 3 aliphatic rings. The molecule has 0 spiro atoms. The minimum atomic E-state index is -0.269.